The summed E-state index contributed by atoms with van der Waals surface area (Å²) in [5.74, 6) is -0.829. The molecule has 2 atom stereocenters. The summed E-state index contributed by atoms with van der Waals surface area (Å²) in [5.41, 5.74) is 0.213. The van der Waals surface area contributed by atoms with Gasteiger partial charge in [0, 0.05) is 6.04 Å². The van der Waals surface area contributed by atoms with Crippen LogP contribution in [0.5, 0.6) is 0 Å². The molecule has 1 saturated heterocycles. The first kappa shape index (κ1) is 15.4. The molecule has 1 heterocycles. The average molecular weight is 303 g/mol. The molecule has 0 saturated carbocycles. The van der Waals surface area contributed by atoms with E-state index in [1.807, 2.05) is 0 Å². The summed E-state index contributed by atoms with van der Waals surface area (Å²) in [6.07, 6.45) is 2.28. The second kappa shape index (κ2) is 6.18. The highest BCUT2D eigenvalue weighted by Gasteiger charge is 2.35. The second-order valence-corrected chi connectivity index (χ2v) is 7.58. The van der Waals surface area contributed by atoms with Crippen LogP contribution in [-0.4, -0.2) is 32.5 Å². The van der Waals surface area contributed by atoms with E-state index in [0.717, 1.165) is 24.6 Å². The first-order valence-corrected chi connectivity index (χ1v) is 8.48. The molecule has 1 aliphatic rings. The number of halogens is 2. The molecule has 0 bridgehead atoms. The van der Waals surface area contributed by atoms with Crippen LogP contribution >= 0.6 is 0 Å². The fraction of sp³-hybridized carbons (Fsp3) is 0.571. The summed E-state index contributed by atoms with van der Waals surface area (Å²) in [7, 11) is -1.50. The molecule has 2 rings (SSSR count). The lowest BCUT2D eigenvalue weighted by molar-refractivity contribution is 0.449. The van der Waals surface area contributed by atoms with E-state index < -0.39 is 32.8 Å². The maximum absolute atomic E-state index is 13.7. The van der Waals surface area contributed by atoms with E-state index in [-0.39, 0.29) is 17.7 Å². The third-order valence-corrected chi connectivity index (χ3v) is 6.24. The number of hydrogen-bond donors (Lipinski definition) is 1. The summed E-state index contributed by atoms with van der Waals surface area (Å²) in [6, 6.07) is 2.88. The van der Waals surface area contributed by atoms with Crippen molar-refractivity contribution in [3.05, 3.63) is 35.4 Å². The predicted octanol–water partition coefficient (Wildman–Crippen LogP) is 2.06. The van der Waals surface area contributed by atoms with Gasteiger partial charge in [-0.2, -0.15) is 0 Å². The molecule has 1 N–H and O–H groups in total. The zero-order chi connectivity index (χ0) is 14.8. The molecule has 3 nitrogen and oxygen atoms in total. The Morgan fingerprint density at radius 3 is 2.75 bits per heavy atom. The zero-order valence-electron chi connectivity index (χ0n) is 11.4. The van der Waals surface area contributed by atoms with Crippen LogP contribution in [0.15, 0.2) is 18.2 Å². The Morgan fingerprint density at radius 2 is 2.10 bits per heavy atom. The van der Waals surface area contributed by atoms with Crippen molar-refractivity contribution in [2.24, 2.45) is 0 Å². The lowest BCUT2D eigenvalue weighted by Gasteiger charge is -2.30. The van der Waals surface area contributed by atoms with Crippen LogP contribution < -0.4 is 5.32 Å². The fourth-order valence-electron chi connectivity index (χ4n) is 2.79. The minimum atomic E-state index is -3.16. The van der Waals surface area contributed by atoms with Crippen LogP contribution in [0.2, 0.25) is 0 Å². The van der Waals surface area contributed by atoms with Crippen LogP contribution in [0.3, 0.4) is 0 Å². The fourth-order valence-corrected chi connectivity index (χ4v) is 4.96. The van der Waals surface area contributed by atoms with E-state index in [0.29, 0.717) is 12.8 Å². The first-order chi connectivity index (χ1) is 9.44. The molecule has 1 fully saturated rings. The number of hydrogen-bond acceptors (Lipinski definition) is 3. The van der Waals surface area contributed by atoms with Crippen molar-refractivity contribution in [1.82, 2.24) is 5.32 Å². The third kappa shape index (κ3) is 3.35. The van der Waals surface area contributed by atoms with E-state index in [1.165, 1.54) is 0 Å². The Morgan fingerprint density at radius 1 is 1.35 bits per heavy atom. The third-order valence-electron chi connectivity index (χ3n) is 3.90. The van der Waals surface area contributed by atoms with Gasteiger partial charge in [-0.1, -0.05) is 6.42 Å². The molecular weight excluding hydrogens is 284 g/mol. The van der Waals surface area contributed by atoms with Gasteiger partial charge in [-0.05, 0) is 50.1 Å². The minimum absolute atomic E-state index is 0.171. The van der Waals surface area contributed by atoms with Crippen LogP contribution in [0.1, 0.15) is 24.8 Å². The number of sulfone groups is 1. The van der Waals surface area contributed by atoms with E-state index in [2.05, 4.69) is 5.32 Å². The van der Waals surface area contributed by atoms with Crippen molar-refractivity contribution in [2.75, 3.05) is 12.8 Å². The second-order valence-electron chi connectivity index (χ2n) is 5.24. The Bertz CT molecular complexity index is 575. The van der Waals surface area contributed by atoms with Crippen LogP contribution in [0.25, 0.3) is 0 Å². The molecule has 0 amide bonds. The van der Waals surface area contributed by atoms with Crippen molar-refractivity contribution in [1.29, 1.82) is 0 Å². The van der Waals surface area contributed by atoms with Gasteiger partial charge in [0.2, 0.25) is 0 Å². The molecule has 1 aliphatic heterocycles. The number of likely N-dealkylation sites (N-methyl/N-ethyl adjacent to an activating group) is 1. The smallest absolute Gasteiger partial charge is 0.154 e. The normalized spacial score (nSPS) is 23.4. The van der Waals surface area contributed by atoms with Crippen molar-refractivity contribution in [3.63, 3.8) is 0 Å². The maximum atomic E-state index is 13.7. The lowest BCUT2D eigenvalue weighted by atomic mass is 9.99. The highest BCUT2D eigenvalue weighted by Crippen LogP contribution is 2.25. The molecule has 1 aromatic carbocycles. The van der Waals surface area contributed by atoms with Crippen molar-refractivity contribution < 1.29 is 17.2 Å². The lowest BCUT2D eigenvalue weighted by Crippen LogP contribution is -2.46. The highest BCUT2D eigenvalue weighted by molar-refractivity contribution is 7.92. The Hall–Kier alpha value is -1.01. The molecule has 20 heavy (non-hydrogen) atoms. The van der Waals surface area contributed by atoms with Gasteiger partial charge in [-0.15, -0.1) is 0 Å². The van der Waals surface area contributed by atoms with Crippen LogP contribution in [0, 0.1) is 11.6 Å². The molecule has 6 heteroatoms. The van der Waals surface area contributed by atoms with Crippen LogP contribution in [0.4, 0.5) is 8.78 Å². The highest BCUT2D eigenvalue weighted by atomic mass is 32.2. The molecule has 112 valence electrons. The Balaban J connectivity index is 2.22. The van der Waals surface area contributed by atoms with E-state index >= 15 is 0 Å². The Labute approximate surface area is 118 Å². The first-order valence-electron chi connectivity index (χ1n) is 6.77. The summed E-state index contributed by atoms with van der Waals surface area (Å²) in [6.45, 7) is 0. The van der Waals surface area contributed by atoms with Gasteiger partial charge in [0.15, 0.2) is 9.84 Å². The molecule has 0 aliphatic carbocycles. The van der Waals surface area contributed by atoms with Gasteiger partial charge < -0.3 is 5.32 Å². The van der Waals surface area contributed by atoms with Gasteiger partial charge >= 0.3 is 0 Å². The van der Waals surface area contributed by atoms with Crippen molar-refractivity contribution in [3.8, 4) is 0 Å². The monoisotopic (exact) mass is 303 g/mol. The van der Waals surface area contributed by atoms with Crippen molar-refractivity contribution >= 4 is 9.84 Å². The summed E-state index contributed by atoms with van der Waals surface area (Å²) in [4.78, 5) is 0. The maximum Gasteiger partial charge on any atom is 0.154 e. The SMILES string of the molecule is CNC(Cc1cc(F)ccc1F)C1CCCCS1(=O)=O. The molecule has 2 unspecified atom stereocenters. The van der Waals surface area contributed by atoms with Gasteiger partial charge in [0.1, 0.15) is 11.6 Å². The number of nitrogens with one attached hydrogen (secondary N) is 1. The van der Waals surface area contributed by atoms with E-state index in [9.17, 15) is 17.2 Å². The molecular formula is C14H19F2NO2S. The van der Waals surface area contributed by atoms with Crippen LogP contribution in [-0.2, 0) is 16.3 Å². The molecule has 0 radical (unpaired) electrons. The number of rotatable bonds is 4. The van der Waals surface area contributed by atoms with Gasteiger partial charge in [-0.3, -0.25) is 0 Å². The summed E-state index contributed by atoms with van der Waals surface area (Å²) >= 11 is 0. The zero-order valence-corrected chi connectivity index (χ0v) is 12.2. The molecule has 0 spiro atoms. The van der Waals surface area contributed by atoms with E-state index in [4.69, 9.17) is 0 Å². The average Bonchev–Trinajstić information content (AvgIpc) is 2.40. The topological polar surface area (TPSA) is 46.2 Å². The predicted molar refractivity (Wildman–Crippen MR) is 74.3 cm³/mol. The Kier molecular flexibility index (Phi) is 4.75. The van der Waals surface area contributed by atoms with E-state index in [1.54, 1.807) is 7.05 Å². The molecule has 1 aromatic rings. The quantitative estimate of drug-likeness (QED) is 0.926. The number of benzene rings is 1. The largest absolute Gasteiger partial charge is 0.315 e. The summed E-state index contributed by atoms with van der Waals surface area (Å²) in [5, 5.41) is 2.43. The van der Waals surface area contributed by atoms with Gasteiger partial charge in [-0.25, -0.2) is 17.2 Å². The minimum Gasteiger partial charge on any atom is -0.315 e. The molecule has 0 aromatic heterocycles. The van der Waals surface area contributed by atoms with Gasteiger partial charge in [0.25, 0.3) is 0 Å². The standard InChI is InChI=1S/C14H19F2NO2S/c1-17-13(14-4-2-3-7-20(14,18)19)9-10-8-11(15)5-6-12(10)16/h5-6,8,13-14,17H,2-4,7,9H2,1H3. The summed E-state index contributed by atoms with van der Waals surface area (Å²) < 4.78 is 51.1. The van der Waals surface area contributed by atoms with Crippen molar-refractivity contribution in [2.45, 2.75) is 37.0 Å². The van der Waals surface area contributed by atoms with Gasteiger partial charge in [0.05, 0.1) is 11.0 Å².